The van der Waals surface area contributed by atoms with Gasteiger partial charge in [-0.3, -0.25) is 0 Å². The Hall–Kier alpha value is -2.67. The van der Waals surface area contributed by atoms with Gasteiger partial charge in [-0.05, 0) is 23.8 Å². The summed E-state index contributed by atoms with van der Waals surface area (Å²) in [6.45, 7) is 1.32. The largest absolute Gasteiger partial charge is 0.349 e. The second kappa shape index (κ2) is 5.14. The van der Waals surface area contributed by atoms with Gasteiger partial charge in [0.25, 0.3) is 0 Å². The van der Waals surface area contributed by atoms with Crippen LogP contribution in [-0.4, -0.2) is 18.1 Å². The van der Waals surface area contributed by atoms with Crippen LogP contribution in [0.2, 0.25) is 0 Å². The van der Waals surface area contributed by atoms with Gasteiger partial charge in [-0.15, -0.1) is 0 Å². The van der Waals surface area contributed by atoms with Crippen molar-refractivity contribution in [3.63, 3.8) is 0 Å². The van der Waals surface area contributed by atoms with Gasteiger partial charge in [0.1, 0.15) is 17.7 Å². The van der Waals surface area contributed by atoms with Crippen LogP contribution in [0.25, 0.3) is 5.57 Å². The van der Waals surface area contributed by atoms with Gasteiger partial charge in [-0.2, -0.15) is 5.26 Å². The summed E-state index contributed by atoms with van der Waals surface area (Å²) in [5.74, 6) is 0.597. The first-order chi connectivity index (χ1) is 9.78. The second-order valence-corrected chi connectivity index (χ2v) is 4.61. The maximum absolute atomic E-state index is 13.8. The molecule has 98 valence electrons. The van der Waals surface area contributed by atoms with E-state index in [0.717, 1.165) is 11.4 Å². The molecule has 3 rings (SSSR count). The molecule has 0 aliphatic carbocycles. The number of nitrogens with zero attached hydrogens (tertiary/aromatic N) is 3. The summed E-state index contributed by atoms with van der Waals surface area (Å²) >= 11 is 0. The van der Waals surface area contributed by atoms with Crippen LogP contribution in [0.5, 0.6) is 0 Å². The van der Waals surface area contributed by atoms with Gasteiger partial charge in [-0.1, -0.05) is 24.3 Å². The fourth-order valence-electron chi connectivity index (χ4n) is 2.29. The lowest BCUT2D eigenvalue weighted by Gasteiger charge is -2.17. The lowest BCUT2D eigenvalue weighted by molar-refractivity contribution is 0.623. The highest BCUT2D eigenvalue weighted by atomic mass is 19.1. The molecule has 2 aromatic rings. The van der Waals surface area contributed by atoms with E-state index in [9.17, 15) is 4.39 Å². The van der Waals surface area contributed by atoms with E-state index in [4.69, 9.17) is 5.26 Å². The van der Waals surface area contributed by atoms with Crippen LogP contribution >= 0.6 is 0 Å². The van der Waals surface area contributed by atoms with Crippen molar-refractivity contribution in [2.75, 3.05) is 18.0 Å². The monoisotopic (exact) mass is 265 g/mol. The maximum atomic E-state index is 13.8. The molecular formula is C16H12FN3. The van der Waals surface area contributed by atoms with E-state index in [2.05, 4.69) is 4.98 Å². The zero-order chi connectivity index (χ0) is 13.9. The quantitative estimate of drug-likeness (QED) is 0.838. The minimum absolute atomic E-state index is 0.201. The molecule has 0 amide bonds. The Balaban J connectivity index is 1.79. The molecule has 0 saturated heterocycles. The number of nitriles is 1. The molecule has 0 saturated carbocycles. The van der Waals surface area contributed by atoms with Gasteiger partial charge in [0, 0.05) is 24.8 Å². The van der Waals surface area contributed by atoms with Gasteiger partial charge in [0.05, 0.1) is 5.56 Å². The maximum Gasteiger partial charge on any atom is 0.130 e. The Morgan fingerprint density at radius 2 is 2.05 bits per heavy atom. The van der Waals surface area contributed by atoms with Crippen molar-refractivity contribution in [3.05, 3.63) is 65.6 Å². The predicted molar refractivity (Wildman–Crippen MR) is 75.5 cm³/mol. The third-order valence-corrected chi connectivity index (χ3v) is 3.34. The van der Waals surface area contributed by atoms with E-state index in [1.54, 1.807) is 24.4 Å². The minimum atomic E-state index is -0.201. The molecule has 1 aliphatic rings. The smallest absolute Gasteiger partial charge is 0.130 e. The van der Waals surface area contributed by atoms with Gasteiger partial charge >= 0.3 is 0 Å². The fourth-order valence-corrected chi connectivity index (χ4v) is 2.29. The van der Waals surface area contributed by atoms with E-state index >= 15 is 0 Å². The van der Waals surface area contributed by atoms with Gasteiger partial charge in [0.2, 0.25) is 0 Å². The third-order valence-electron chi connectivity index (χ3n) is 3.34. The molecule has 0 N–H and O–H groups in total. The summed E-state index contributed by atoms with van der Waals surface area (Å²) in [6, 6.07) is 12.4. The van der Waals surface area contributed by atoms with Gasteiger partial charge < -0.3 is 4.90 Å². The van der Waals surface area contributed by atoms with Crippen molar-refractivity contribution in [1.29, 1.82) is 5.26 Å². The zero-order valence-electron chi connectivity index (χ0n) is 10.8. The van der Waals surface area contributed by atoms with Crippen LogP contribution < -0.4 is 4.90 Å². The Bertz CT molecular complexity index is 698. The average Bonchev–Trinajstić information content (AvgIpc) is 2.97. The number of aromatic nitrogens is 1. The number of hydrogen-bond acceptors (Lipinski definition) is 3. The van der Waals surface area contributed by atoms with Crippen LogP contribution in [0, 0.1) is 17.1 Å². The van der Waals surface area contributed by atoms with Crippen LogP contribution in [0.15, 0.2) is 48.7 Å². The number of pyridine rings is 1. The molecule has 4 heteroatoms. The number of halogens is 1. The van der Waals surface area contributed by atoms with E-state index < -0.39 is 0 Å². The summed E-state index contributed by atoms with van der Waals surface area (Å²) in [5.41, 5.74) is 2.15. The van der Waals surface area contributed by atoms with Crippen molar-refractivity contribution in [3.8, 4) is 6.07 Å². The van der Waals surface area contributed by atoms with E-state index in [1.165, 1.54) is 6.07 Å². The molecule has 0 bridgehead atoms. The molecule has 0 radical (unpaired) electrons. The Labute approximate surface area is 116 Å². The first-order valence-corrected chi connectivity index (χ1v) is 6.33. The summed E-state index contributed by atoms with van der Waals surface area (Å²) in [7, 11) is 0. The van der Waals surface area contributed by atoms with Crippen molar-refractivity contribution in [1.82, 2.24) is 4.98 Å². The predicted octanol–water partition coefficient (Wildman–Crippen LogP) is 3.00. The molecule has 1 aliphatic heterocycles. The molecule has 20 heavy (non-hydrogen) atoms. The summed E-state index contributed by atoms with van der Waals surface area (Å²) in [5, 5.41) is 8.76. The lowest BCUT2D eigenvalue weighted by Crippen LogP contribution is -2.20. The third kappa shape index (κ3) is 2.26. The second-order valence-electron chi connectivity index (χ2n) is 4.61. The number of hydrogen-bond donors (Lipinski definition) is 0. The number of benzene rings is 1. The van der Waals surface area contributed by atoms with Crippen LogP contribution in [0.3, 0.4) is 0 Å². The highest BCUT2D eigenvalue weighted by Gasteiger charge is 2.18. The zero-order valence-corrected chi connectivity index (χ0v) is 10.8. The van der Waals surface area contributed by atoms with E-state index in [1.807, 2.05) is 29.2 Å². The SMILES string of the molecule is N#Cc1ccc(N2CC=C(c3ccccc3F)C2)nc1. The van der Waals surface area contributed by atoms with Crippen molar-refractivity contribution < 1.29 is 4.39 Å². The molecule has 0 unspecified atom stereocenters. The molecule has 1 aromatic heterocycles. The van der Waals surface area contributed by atoms with Crippen LogP contribution in [0.4, 0.5) is 10.2 Å². The Kier molecular flexibility index (Phi) is 3.18. The standard InChI is InChI=1S/C16H12FN3/c17-15-4-2-1-3-14(15)13-7-8-20(11-13)16-6-5-12(9-18)10-19-16/h1-7,10H,8,11H2. The molecule has 0 atom stereocenters. The normalized spacial score (nSPS) is 14.0. The molecule has 3 nitrogen and oxygen atoms in total. The number of rotatable bonds is 2. The molecule has 0 fully saturated rings. The first kappa shape index (κ1) is 12.4. The van der Waals surface area contributed by atoms with Gasteiger partial charge in [-0.25, -0.2) is 9.37 Å². The van der Waals surface area contributed by atoms with Crippen LogP contribution in [0.1, 0.15) is 11.1 Å². The number of anilines is 1. The first-order valence-electron chi connectivity index (χ1n) is 6.33. The van der Waals surface area contributed by atoms with Crippen LogP contribution in [-0.2, 0) is 0 Å². The summed E-state index contributed by atoms with van der Waals surface area (Å²) < 4.78 is 13.8. The molecular weight excluding hydrogens is 253 g/mol. The van der Waals surface area contributed by atoms with Crippen molar-refractivity contribution >= 4 is 11.4 Å². The molecule has 2 heterocycles. The molecule has 1 aromatic carbocycles. The molecule has 0 spiro atoms. The summed E-state index contributed by atoms with van der Waals surface area (Å²) in [4.78, 5) is 6.30. The van der Waals surface area contributed by atoms with Crippen molar-refractivity contribution in [2.45, 2.75) is 0 Å². The van der Waals surface area contributed by atoms with E-state index in [-0.39, 0.29) is 5.82 Å². The minimum Gasteiger partial charge on any atom is -0.349 e. The highest BCUT2D eigenvalue weighted by Crippen LogP contribution is 2.26. The van der Waals surface area contributed by atoms with Gasteiger partial charge in [0.15, 0.2) is 0 Å². The summed E-state index contributed by atoms with van der Waals surface area (Å²) in [6.07, 6.45) is 3.56. The topological polar surface area (TPSA) is 39.9 Å². The highest BCUT2D eigenvalue weighted by molar-refractivity contribution is 5.73. The Morgan fingerprint density at radius 3 is 2.75 bits per heavy atom. The average molecular weight is 265 g/mol. The van der Waals surface area contributed by atoms with E-state index in [0.29, 0.717) is 24.2 Å². The van der Waals surface area contributed by atoms with Crippen molar-refractivity contribution in [2.24, 2.45) is 0 Å². The lowest BCUT2D eigenvalue weighted by atomic mass is 10.1. The Morgan fingerprint density at radius 1 is 1.20 bits per heavy atom. The fraction of sp³-hybridized carbons (Fsp3) is 0.125.